The molecular formula is C14H33N. The summed E-state index contributed by atoms with van der Waals surface area (Å²) in [6.45, 7) is 14.8. The lowest BCUT2D eigenvalue weighted by Gasteiger charge is -2.24. The van der Waals surface area contributed by atoms with E-state index in [0.29, 0.717) is 0 Å². The zero-order chi connectivity index (χ0) is 11.9. The molecule has 1 nitrogen and oxygen atoms in total. The molecule has 94 valence electrons. The average molecular weight is 215 g/mol. The van der Waals surface area contributed by atoms with Crippen LogP contribution in [0.1, 0.15) is 73.1 Å². The fourth-order valence-corrected chi connectivity index (χ4v) is 1.28. The molecule has 1 heteroatoms. The predicted molar refractivity (Wildman–Crippen MR) is 72.5 cm³/mol. The molecule has 1 rings (SSSR count). The van der Waals surface area contributed by atoms with Gasteiger partial charge in [-0.25, -0.2) is 0 Å². The molecule has 1 fully saturated rings. The molecule has 0 spiro atoms. The quantitative estimate of drug-likeness (QED) is 0.644. The van der Waals surface area contributed by atoms with E-state index < -0.39 is 0 Å². The van der Waals surface area contributed by atoms with E-state index in [1.54, 1.807) is 0 Å². The second-order valence-electron chi connectivity index (χ2n) is 4.20. The molecule has 0 N–H and O–H groups in total. The molecule has 0 atom stereocenters. The summed E-state index contributed by atoms with van der Waals surface area (Å²) < 4.78 is 0. The van der Waals surface area contributed by atoms with E-state index >= 15 is 0 Å². The number of piperidine rings is 1. The van der Waals surface area contributed by atoms with Gasteiger partial charge in [-0.1, -0.05) is 60.3 Å². The summed E-state index contributed by atoms with van der Waals surface area (Å²) in [6, 6.07) is 0. The van der Waals surface area contributed by atoms with Gasteiger partial charge in [0.05, 0.1) is 0 Å². The third kappa shape index (κ3) is 16.6. The Balaban J connectivity index is 0. The first kappa shape index (κ1) is 17.4. The van der Waals surface area contributed by atoms with Crippen LogP contribution in [0.15, 0.2) is 0 Å². The van der Waals surface area contributed by atoms with Crippen LogP contribution in [0, 0.1) is 0 Å². The summed E-state index contributed by atoms with van der Waals surface area (Å²) in [5, 5.41) is 0. The van der Waals surface area contributed by atoms with Crippen molar-refractivity contribution in [2.75, 3.05) is 19.6 Å². The highest BCUT2D eigenvalue weighted by Crippen LogP contribution is 2.06. The highest BCUT2D eigenvalue weighted by Gasteiger charge is 2.05. The molecule has 0 aromatic carbocycles. The van der Waals surface area contributed by atoms with Crippen LogP contribution in [0.4, 0.5) is 0 Å². The van der Waals surface area contributed by atoms with Crippen molar-refractivity contribution >= 4 is 0 Å². The molecule has 1 aliphatic rings. The maximum absolute atomic E-state index is 2.52. The smallest absolute Gasteiger partial charge is 0.00188 e. The van der Waals surface area contributed by atoms with Gasteiger partial charge in [0.25, 0.3) is 0 Å². The third-order valence-electron chi connectivity index (χ3n) is 2.40. The first-order valence-electron chi connectivity index (χ1n) is 6.98. The molecule has 0 aromatic rings. The predicted octanol–water partition coefficient (Wildman–Crippen LogP) is 4.71. The number of unbranched alkanes of at least 4 members (excludes halogenated alkanes) is 1. The zero-order valence-corrected chi connectivity index (χ0v) is 11.8. The van der Waals surface area contributed by atoms with Gasteiger partial charge in [-0.3, -0.25) is 0 Å². The van der Waals surface area contributed by atoms with Crippen molar-refractivity contribution in [1.82, 2.24) is 4.90 Å². The van der Waals surface area contributed by atoms with Crippen LogP contribution < -0.4 is 0 Å². The molecule has 0 unspecified atom stereocenters. The normalized spacial score (nSPS) is 15.8. The summed E-state index contributed by atoms with van der Waals surface area (Å²) in [4.78, 5) is 2.52. The van der Waals surface area contributed by atoms with Crippen molar-refractivity contribution in [3.63, 3.8) is 0 Å². The van der Waals surface area contributed by atoms with E-state index in [2.05, 4.69) is 39.5 Å². The Morgan fingerprint density at radius 3 is 1.33 bits per heavy atom. The Bertz CT molecular complexity index is 83.3. The van der Waals surface area contributed by atoms with Gasteiger partial charge in [-0.2, -0.15) is 0 Å². The van der Waals surface area contributed by atoms with Gasteiger partial charge in [0.2, 0.25) is 0 Å². The molecule has 0 saturated carbocycles. The lowest BCUT2D eigenvalue weighted by molar-refractivity contribution is 0.240. The second kappa shape index (κ2) is 16.4. The van der Waals surface area contributed by atoms with Crippen LogP contribution in [0.3, 0.4) is 0 Å². The van der Waals surface area contributed by atoms with Crippen molar-refractivity contribution < 1.29 is 0 Å². The van der Waals surface area contributed by atoms with E-state index in [4.69, 9.17) is 0 Å². The maximum Gasteiger partial charge on any atom is -0.00188 e. The SMILES string of the molecule is CCC.CCCC.CCN1CCCCC1. The average Bonchev–Trinajstić information content (AvgIpc) is 2.31. The van der Waals surface area contributed by atoms with E-state index in [1.165, 1.54) is 58.2 Å². The van der Waals surface area contributed by atoms with E-state index in [1.807, 2.05) is 0 Å². The highest BCUT2D eigenvalue weighted by molar-refractivity contribution is 4.61. The summed E-state index contributed by atoms with van der Waals surface area (Å²) in [5.41, 5.74) is 0. The standard InChI is InChI=1S/C7H15N.C4H10.C3H8/c1-2-8-6-4-3-5-7-8;1-3-4-2;1-3-2/h2-7H2,1H3;3-4H2,1-2H3;3H2,1-2H3. The summed E-state index contributed by atoms with van der Waals surface area (Å²) in [6.07, 6.45) is 8.19. The molecule has 0 amide bonds. The lowest BCUT2D eigenvalue weighted by atomic mass is 10.1. The third-order valence-corrected chi connectivity index (χ3v) is 2.40. The van der Waals surface area contributed by atoms with Crippen LogP contribution in [-0.2, 0) is 0 Å². The Morgan fingerprint density at radius 1 is 0.733 bits per heavy atom. The van der Waals surface area contributed by atoms with Gasteiger partial charge in [-0.15, -0.1) is 0 Å². The van der Waals surface area contributed by atoms with Crippen LogP contribution in [-0.4, -0.2) is 24.5 Å². The number of hydrogen-bond donors (Lipinski definition) is 0. The van der Waals surface area contributed by atoms with Gasteiger partial charge in [0.15, 0.2) is 0 Å². The van der Waals surface area contributed by atoms with E-state index in [9.17, 15) is 0 Å². The lowest BCUT2D eigenvalue weighted by Crippen LogP contribution is -2.29. The second-order valence-corrected chi connectivity index (χ2v) is 4.20. The molecule has 0 aromatic heterocycles. The Hall–Kier alpha value is -0.0400. The van der Waals surface area contributed by atoms with E-state index in [-0.39, 0.29) is 0 Å². The molecule has 1 saturated heterocycles. The minimum atomic E-state index is 1.25. The monoisotopic (exact) mass is 215 g/mol. The van der Waals surface area contributed by atoms with Crippen LogP contribution in [0.25, 0.3) is 0 Å². The van der Waals surface area contributed by atoms with Gasteiger partial charge in [0, 0.05) is 0 Å². The van der Waals surface area contributed by atoms with Crippen molar-refractivity contribution in [1.29, 1.82) is 0 Å². The molecule has 15 heavy (non-hydrogen) atoms. The first-order chi connectivity index (χ1) is 7.26. The Labute approximate surface area is 98.2 Å². The van der Waals surface area contributed by atoms with Crippen LogP contribution in [0.2, 0.25) is 0 Å². The van der Waals surface area contributed by atoms with Gasteiger partial charge in [-0.05, 0) is 32.5 Å². The minimum Gasteiger partial charge on any atom is -0.304 e. The van der Waals surface area contributed by atoms with E-state index in [0.717, 1.165) is 0 Å². The van der Waals surface area contributed by atoms with Gasteiger partial charge < -0.3 is 4.90 Å². The molecule has 0 radical (unpaired) electrons. The number of likely N-dealkylation sites (tertiary alicyclic amines) is 1. The minimum absolute atomic E-state index is 1.25. The summed E-state index contributed by atoms with van der Waals surface area (Å²) in [5.74, 6) is 0. The Morgan fingerprint density at radius 2 is 1.13 bits per heavy atom. The summed E-state index contributed by atoms with van der Waals surface area (Å²) in [7, 11) is 0. The highest BCUT2D eigenvalue weighted by atomic mass is 15.1. The fraction of sp³-hybridized carbons (Fsp3) is 1.00. The number of nitrogens with zero attached hydrogens (tertiary/aromatic N) is 1. The Kier molecular flexibility index (Phi) is 19.0. The topological polar surface area (TPSA) is 3.24 Å². The van der Waals surface area contributed by atoms with Gasteiger partial charge in [0.1, 0.15) is 0 Å². The molecule has 1 aliphatic heterocycles. The molecule has 0 bridgehead atoms. The van der Waals surface area contributed by atoms with Crippen molar-refractivity contribution in [2.45, 2.75) is 73.1 Å². The molecular weight excluding hydrogens is 182 g/mol. The molecule has 0 aliphatic carbocycles. The van der Waals surface area contributed by atoms with Crippen molar-refractivity contribution in [3.05, 3.63) is 0 Å². The van der Waals surface area contributed by atoms with Crippen LogP contribution >= 0.6 is 0 Å². The number of rotatable bonds is 2. The maximum atomic E-state index is 2.52. The first-order valence-corrected chi connectivity index (χ1v) is 6.98. The fourth-order valence-electron chi connectivity index (χ4n) is 1.28. The van der Waals surface area contributed by atoms with Crippen molar-refractivity contribution in [2.24, 2.45) is 0 Å². The zero-order valence-electron chi connectivity index (χ0n) is 11.8. The van der Waals surface area contributed by atoms with Crippen LogP contribution in [0.5, 0.6) is 0 Å². The van der Waals surface area contributed by atoms with Crippen molar-refractivity contribution in [3.8, 4) is 0 Å². The van der Waals surface area contributed by atoms with Gasteiger partial charge >= 0.3 is 0 Å². The number of hydrogen-bond acceptors (Lipinski definition) is 1. The largest absolute Gasteiger partial charge is 0.304 e. The molecule has 1 heterocycles. The summed E-state index contributed by atoms with van der Waals surface area (Å²) >= 11 is 0.